The van der Waals surface area contributed by atoms with Gasteiger partial charge in [-0.25, -0.2) is 0 Å². The molecule has 0 radical (unpaired) electrons. The summed E-state index contributed by atoms with van der Waals surface area (Å²) in [5.74, 6) is 0. The first-order chi connectivity index (χ1) is 8.76. The molecule has 0 aliphatic heterocycles. The maximum atomic E-state index is 5.91. The average Bonchev–Trinajstić information content (AvgIpc) is 2.24. The van der Waals surface area contributed by atoms with Crippen LogP contribution in [-0.4, -0.2) is 6.04 Å². The minimum atomic E-state index is 0.444. The van der Waals surface area contributed by atoms with Gasteiger partial charge < -0.3 is 5.32 Å². The van der Waals surface area contributed by atoms with Gasteiger partial charge in [0.25, 0.3) is 0 Å². The van der Waals surface area contributed by atoms with Crippen molar-refractivity contribution in [3.63, 3.8) is 0 Å². The minimum absolute atomic E-state index is 0.444. The quantitative estimate of drug-likeness (QED) is 0.818. The molecule has 1 fully saturated rings. The molecule has 0 amide bonds. The van der Waals surface area contributed by atoms with Gasteiger partial charge in [-0.15, -0.1) is 0 Å². The Kier molecular flexibility index (Phi) is 4.27. The van der Waals surface area contributed by atoms with Crippen LogP contribution >= 0.6 is 11.6 Å². The topological polar surface area (TPSA) is 12.0 Å². The van der Waals surface area contributed by atoms with Crippen molar-refractivity contribution < 1.29 is 0 Å². The Labute approximate surface area is 122 Å². The van der Waals surface area contributed by atoms with Crippen molar-refractivity contribution >= 4 is 11.6 Å². The molecule has 1 aromatic carbocycles. The first-order valence-corrected chi connectivity index (χ1v) is 7.61. The van der Waals surface area contributed by atoms with Crippen molar-refractivity contribution in [1.82, 2.24) is 5.32 Å². The molecule has 19 heavy (non-hydrogen) atoms. The fourth-order valence-electron chi connectivity index (χ4n) is 3.85. The molecule has 1 aliphatic carbocycles. The van der Waals surface area contributed by atoms with Crippen LogP contribution in [0.25, 0.3) is 0 Å². The molecule has 0 heterocycles. The van der Waals surface area contributed by atoms with E-state index in [4.69, 9.17) is 11.6 Å². The summed E-state index contributed by atoms with van der Waals surface area (Å²) in [6.07, 6.45) is 3.85. The van der Waals surface area contributed by atoms with Crippen LogP contribution in [0.15, 0.2) is 24.3 Å². The number of nitrogens with one attached hydrogen (secondary N) is 1. The van der Waals surface area contributed by atoms with E-state index in [9.17, 15) is 0 Å². The van der Waals surface area contributed by atoms with Gasteiger partial charge in [0.15, 0.2) is 0 Å². The first-order valence-electron chi connectivity index (χ1n) is 7.24. The zero-order valence-electron chi connectivity index (χ0n) is 12.6. The van der Waals surface area contributed by atoms with Gasteiger partial charge in [0.2, 0.25) is 0 Å². The Morgan fingerprint density at radius 2 is 1.58 bits per heavy atom. The summed E-state index contributed by atoms with van der Waals surface area (Å²) in [5, 5.41) is 4.53. The monoisotopic (exact) mass is 279 g/mol. The van der Waals surface area contributed by atoms with Crippen LogP contribution in [0.2, 0.25) is 5.02 Å². The largest absolute Gasteiger partial charge is 0.310 e. The van der Waals surface area contributed by atoms with E-state index in [-0.39, 0.29) is 0 Å². The Morgan fingerprint density at radius 3 is 2.11 bits per heavy atom. The van der Waals surface area contributed by atoms with Crippen molar-refractivity contribution in [2.75, 3.05) is 0 Å². The lowest BCUT2D eigenvalue weighted by atomic mass is 9.63. The molecule has 0 spiro atoms. The standard InChI is InChI=1S/C17H26ClN/c1-16(2)9-15(10-17(3,4)12-16)19-11-13-5-7-14(18)8-6-13/h5-8,15,19H,9-12H2,1-4H3. The molecular formula is C17H26ClN. The van der Waals surface area contributed by atoms with Crippen molar-refractivity contribution in [3.05, 3.63) is 34.9 Å². The zero-order chi connectivity index (χ0) is 14.1. The summed E-state index contributed by atoms with van der Waals surface area (Å²) in [6.45, 7) is 10.5. The lowest BCUT2D eigenvalue weighted by Gasteiger charge is -2.45. The van der Waals surface area contributed by atoms with E-state index >= 15 is 0 Å². The molecule has 106 valence electrons. The van der Waals surface area contributed by atoms with Gasteiger partial charge >= 0.3 is 0 Å². The fourth-order valence-corrected chi connectivity index (χ4v) is 3.98. The summed E-state index contributed by atoms with van der Waals surface area (Å²) < 4.78 is 0. The molecule has 0 bridgehead atoms. The number of benzene rings is 1. The third-order valence-corrected chi connectivity index (χ3v) is 4.32. The molecule has 0 unspecified atom stereocenters. The van der Waals surface area contributed by atoms with Crippen LogP contribution in [0.3, 0.4) is 0 Å². The zero-order valence-corrected chi connectivity index (χ0v) is 13.3. The normalized spacial score (nSPS) is 22.4. The molecular weight excluding hydrogens is 254 g/mol. The third-order valence-electron chi connectivity index (χ3n) is 4.06. The molecule has 0 saturated heterocycles. The molecule has 2 rings (SSSR count). The Balaban J connectivity index is 1.93. The fraction of sp³-hybridized carbons (Fsp3) is 0.647. The molecule has 1 aromatic rings. The summed E-state index contributed by atoms with van der Waals surface area (Å²) in [6, 6.07) is 8.76. The number of rotatable bonds is 3. The van der Waals surface area contributed by atoms with E-state index in [0.29, 0.717) is 16.9 Å². The van der Waals surface area contributed by atoms with E-state index in [0.717, 1.165) is 11.6 Å². The Morgan fingerprint density at radius 1 is 1.05 bits per heavy atom. The number of hydrogen-bond donors (Lipinski definition) is 1. The highest BCUT2D eigenvalue weighted by Gasteiger charge is 2.37. The van der Waals surface area contributed by atoms with Gasteiger partial charge in [0.1, 0.15) is 0 Å². The lowest BCUT2D eigenvalue weighted by Crippen LogP contribution is -2.43. The van der Waals surface area contributed by atoms with E-state index in [2.05, 4.69) is 45.1 Å². The Bertz CT molecular complexity index is 403. The molecule has 0 atom stereocenters. The van der Waals surface area contributed by atoms with Gasteiger partial charge in [-0.3, -0.25) is 0 Å². The van der Waals surface area contributed by atoms with Gasteiger partial charge in [-0.1, -0.05) is 51.4 Å². The maximum absolute atomic E-state index is 5.91. The predicted octanol–water partition coefficient (Wildman–Crippen LogP) is 5.03. The highest BCUT2D eigenvalue weighted by Crippen LogP contribution is 2.45. The summed E-state index contributed by atoms with van der Waals surface area (Å²) in [7, 11) is 0. The summed E-state index contributed by atoms with van der Waals surface area (Å²) in [5.41, 5.74) is 2.20. The van der Waals surface area contributed by atoms with E-state index in [1.54, 1.807) is 0 Å². The van der Waals surface area contributed by atoms with Crippen molar-refractivity contribution in [3.8, 4) is 0 Å². The maximum Gasteiger partial charge on any atom is 0.0406 e. The highest BCUT2D eigenvalue weighted by atomic mass is 35.5. The second-order valence-corrected chi connectivity index (χ2v) is 8.05. The number of halogens is 1. The van der Waals surface area contributed by atoms with Crippen LogP contribution < -0.4 is 5.32 Å². The second-order valence-electron chi connectivity index (χ2n) is 7.62. The van der Waals surface area contributed by atoms with Crippen LogP contribution in [0, 0.1) is 10.8 Å². The van der Waals surface area contributed by atoms with Crippen LogP contribution in [0.4, 0.5) is 0 Å². The molecule has 0 aromatic heterocycles. The van der Waals surface area contributed by atoms with Crippen molar-refractivity contribution in [1.29, 1.82) is 0 Å². The Hall–Kier alpha value is -0.530. The second kappa shape index (κ2) is 5.46. The molecule has 1 saturated carbocycles. The minimum Gasteiger partial charge on any atom is -0.310 e. The molecule has 1 aliphatic rings. The van der Waals surface area contributed by atoms with E-state index in [1.165, 1.54) is 24.8 Å². The van der Waals surface area contributed by atoms with Crippen molar-refractivity contribution in [2.45, 2.75) is 59.5 Å². The average molecular weight is 280 g/mol. The summed E-state index contributed by atoms with van der Waals surface area (Å²) >= 11 is 5.91. The van der Waals surface area contributed by atoms with Gasteiger partial charge in [-0.05, 0) is 47.8 Å². The smallest absolute Gasteiger partial charge is 0.0406 e. The third kappa shape index (κ3) is 4.50. The van der Waals surface area contributed by atoms with Crippen LogP contribution in [0.1, 0.15) is 52.5 Å². The van der Waals surface area contributed by atoms with Gasteiger partial charge in [0, 0.05) is 17.6 Å². The molecule has 2 heteroatoms. The number of hydrogen-bond acceptors (Lipinski definition) is 1. The van der Waals surface area contributed by atoms with Gasteiger partial charge in [0.05, 0.1) is 0 Å². The highest BCUT2D eigenvalue weighted by molar-refractivity contribution is 6.30. The SMILES string of the molecule is CC1(C)CC(NCc2ccc(Cl)cc2)CC(C)(C)C1. The van der Waals surface area contributed by atoms with Crippen LogP contribution in [0.5, 0.6) is 0 Å². The lowest BCUT2D eigenvalue weighted by molar-refractivity contribution is 0.0845. The molecule has 1 N–H and O–H groups in total. The summed E-state index contributed by atoms with van der Waals surface area (Å²) in [4.78, 5) is 0. The van der Waals surface area contributed by atoms with Crippen molar-refractivity contribution in [2.24, 2.45) is 10.8 Å². The van der Waals surface area contributed by atoms with Gasteiger partial charge in [-0.2, -0.15) is 0 Å². The first kappa shape index (κ1) is 14.9. The predicted molar refractivity (Wildman–Crippen MR) is 83.5 cm³/mol. The molecule has 1 nitrogen and oxygen atoms in total. The van der Waals surface area contributed by atoms with Crippen LogP contribution in [-0.2, 0) is 6.54 Å². The van der Waals surface area contributed by atoms with E-state index < -0.39 is 0 Å². The van der Waals surface area contributed by atoms with E-state index in [1.807, 2.05) is 12.1 Å².